The van der Waals surface area contributed by atoms with Crippen LogP contribution < -0.4 is 11.1 Å². The SMILES string of the molecule is NC(=O)N1CC(CC2CC2)CC(NC(=O)OCc2ccccc2)C1. The number of carbonyl (C=O) groups excluding carboxylic acids is 2. The number of likely N-dealkylation sites (tertiary alicyclic amines) is 1. The molecule has 1 aromatic rings. The smallest absolute Gasteiger partial charge is 0.407 e. The number of benzene rings is 1. The Kier molecular flexibility index (Phi) is 5.23. The zero-order valence-electron chi connectivity index (χ0n) is 13.8. The van der Waals surface area contributed by atoms with Gasteiger partial charge in [0.15, 0.2) is 0 Å². The molecule has 2 unspecified atom stereocenters. The summed E-state index contributed by atoms with van der Waals surface area (Å²) in [5, 5.41) is 2.89. The maximum absolute atomic E-state index is 12.0. The molecule has 0 aromatic heterocycles. The quantitative estimate of drug-likeness (QED) is 0.869. The van der Waals surface area contributed by atoms with E-state index in [0.29, 0.717) is 19.0 Å². The Balaban J connectivity index is 1.49. The first-order valence-electron chi connectivity index (χ1n) is 8.61. The summed E-state index contributed by atoms with van der Waals surface area (Å²) < 4.78 is 5.27. The van der Waals surface area contributed by atoms with Crippen LogP contribution in [0.25, 0.3) is 0 Å². The third kappa shape index (κ3) is 4.88. The number of urea groups is 1. The van der Waals surface area contributed by atoms with E-state index in [0.717, 1.165) is 24.3 Å². The van der Waals surface area contributed by atoms with E-state index in [-0.39, 0.29) is 12.6 Å². The monoisotopic (exact) mass is 331 g/mol. The van der Waals surface area contributed by atoms with E-state index < -0.39 is 12.1 Å². The van der Waals surface area contributed by atoms with Gasteiger partial charge in [-0.2, -0.15) is 0 Å². The van der Waals surface area contributed by atoms with Crippen LogP contribution in [-0.4, -0.2) is 36.2 Å². The van der Waals surface area contributed by atoms with E-state index in [1.807, 2.05) is 30.3 Å². The average molecular weight is 331 g/mol. The van der Waals surface area contributed by atoms with Crippen molar-refractivity contribution in [2.45, 2.75) is 38.3 Å². The normalized spacial score (nSPS) is 23.6. The van der Waals surface area contributed by atoms with Crippen molar-refractivity contribution in [1.29, 1.82) is 0 Å². The second-order valence-electron chi connectivity index (χ2n) is 6.93. The molecule has 0 radical (unpaired) electrons. The first-order chi connectivity index (χ1) is 11.6. The minimum atomic E-state index is -0.444. The Labute approximate surface area is 142 Å². The first kappa shape index (κ1) is 16.6. The summed E-state index contributed by atoms with van der Waals surface area (Å²) in [7, 11) is 0. The number of carbonyl (C=O) groups is 2. The summed E-state index contributed by atoms with van der Waals surface area (Å²) in [5.74, 6) is 1.19. The summed E-state index contributed by atoms with van der Waals surface area (Å²) in [4.78, 5) is 25.2. The molecule has 2 atom stereocenters. The number of amides is 3. The maximum atomic E-state index is 12.0. The molecule has 2 fully saturated rings. The highest BCUT2D eigenvalue weighted by molar-refractivity contribution is 5.72. The van der Waals surface area contributed by atoms with Crippen LogP contribution in [0.1, 0.15) is 31.2 Å². The molecule has 1 aliphatic carbocycles. The van der Waals surface area contributed by atoms with Crippen molar-refractivity contribution < 1.29 is 14.3 Å². The molecular formula is C18H25N3O3. The number of nitrogens with zero attached hydrogens (tertiary/aromatic N) is 1. The number of alkyl carbamates (subject to hydrolysis) is 1. The van der Waals surface area contributed by atoms with Gasteiger partial charge in [0, 0.05) is 13.1 Å². The van der Waals surface area contributed by atoms with Crippen LogP contribution in [0, 0.1) is 11.8 Å². The number of nitrogens with one attached hydrogen (secondary N) is 1. The predicted molar refractivity (Wildman–Crippen MR) is 90.2 cm³/mol. The Morgan fingerprint density at radius 2 is 1.92 bits per heavy atom. The van der Waals surface area contributed by atoms with E-state index in [1.54, 1.807) is 4.90 Å². The molecular weight excluding hydrogens is 306 g/mol. The van der Waals surface area contributed by atoms with Crippen LogP contribution in [0.5, 0.6) is 0 Å². The minimum absolute atomic E-state index is 0.0988. The van der Waals surface area contributed by atoms with E-state index in [4.69, 9.17) is 10.5 Å². The van der Waals surface area contributed by atoms with Crippen molar-refractivity contribution in [2.24, 2.45) is 17.6 Å². The molecule has 1 heterocycles. The van der Waals surface area contributed by atoms with E-state index >= 15 is 0 Å². The zero-order valence-corrected chi connectivity index (χ0v) is 13.8. The Bertz CT molecular complexity index is 574. The summed E-state index contributed by atoms with van der Waals surface area (Å²) in [6.45, 7) is 1.39. The van der Waals surface area contributed by atoms with Gasteiger partial charge in [-0.25, -0.2) is 9.59 Å². The fourth-order valence-electron chi connectivity index (χ4n) is 3.42. The largest absolute Gasteiger partial charge is 0.445 e. The topological polar surface area (TPSA) is 84.7 Å². The van der Waals surface area contributed by atoms with Gasteiger partial charge in [0.25, 0.3) is 0 Å². The molecule has 24 heavy (non-hydrogen) atoms. The fourth-order valence-corrected chi connectivity index (χ4v) is 3.42. The number of hydrogen-bond donors (Lipinski definition) is 2. The molecule has 130 valence electrons. The molecule has 1 aromatic carbocycles. The van der Waals surface area contributed by atoms with Crippen LogP contribution >= 0.6 is 0 Å². The van der Waals surface area contributed by atoms with Gasteiger partial charge in [-0.3, -0.25) is 0 Å². The van der Waals surface area contributed by atoms with Gasteiger partial charge >= 0.3 is 12.1 Å². The van der Waals surface area contributed by atoms with Gasteiger partial charge < -0.3 is 20.7 Å². The number of piperidine rings is 1. The molecule has 0 bridgehead atoms. The van der Waals surface area contributed by atoms with Crippen molar-refractivity contribution in [2.75, 3.05) is 13.1 Å². The lowest BCUT2D eigenvalue weighted by atomic mass is 9.90. The average Bonchev–Trinajstić information content (AvgIpc) is 3.37. The Hall–Kier alpha value is -2.24. The highest BCUT2D eigenvalue weighted by atomic mass is 16.5. The summed E-state index contributed by atoms with van der Waals surface area (Å²) in [6, 6.07) is 9.04. The van der Waals surface area contributed by atoms with Crippen molar-refractivity contribution in [3.8, 4) is 0 Å². The van der Waals surface area contributed by atoms with E-state index in [1.165, 1.54) is 12.8 Å². The fraction of sp³-hybridized carbons (Fsp3) is 0.556. The molecule has 3 rings (SSSR count). The molecule has 2 aliphatic rings. The Morgan fingerprint density at radius 3 is 2.58 bits per heavy atom. The summed E-state index contributed by atoms with van der Waals surface area (Å²) in [6.07, 6.45) is 4.11. The maximum Gasteiger partial charge on any atom is 0.407 e. The molecule has 1 saturated heterocycles. The molecule has 3 amide bonds. The number of primary amides is 1. The van der Waals surface area contributed by atoms with Crippen LogP contribution in [0.2, 0.25) is 0 Å². The number of ether oxygens (including phenoxy) is 1. The van der Waals surface area contributed by atoms with Gasteiger partial charge in [0.05, 0.1) is 6.04 Å². The number of rotatable bonds is 5. The van der Waals surface area contributed by atoms with Crippen LogP contribution in [0.3, 0.4) is 0 Å². The van der Waals surface area contributed by atoms with Crippen molar-refractivity contribution >= 4 is 12.1 Å². The van der Waals surface area contributed by atoms with E-state index in [9.17, 15) is 9.59 Å². The molecule has 3 N–H and O–H groups in total. The van der Waals surface area contributed by atoms with Gasteiger partial charge in [-0.1, -0.05) is 43.2 Å². The Morgan fingerprint density at radius 1 is 1.17 bits per heavy atom. The molecule has 6 nitrogen and oxygen atoms in total. The third-order valence-corrected chi connectivity index (χ3v) is 4.75. The van der Waals surface area contributed by atoms with Crippen LogP contribution in [0.4, 0.5) is 9.59 Å². The van der Waals surface area contributed by atoms with Crippen LogP contribution in [0.15, 0.2) is 30.3 Å². The van der Waals surface area contributed by atoms with Crippen molar-refractivity contribution in [3.63, 3.8) is 0 Å². The predicted octanol–water partition coefficient (Wildman–Crippen LogP) is 2.48. The standard InChI is InChI=1S/C18H25N3O3/c19-17(22)21-10-15(8-13-6-7-13)9-16(11-21)20-18(23)24-12-14-4-2-1-3-5-14/h1-5,13,15-16H,6-12H2,(H2,19,22)(H,20,23). The molecule has 0 spiro atoms. The molecule has 6 heteroatoms. The highest BCUT2D eigenvalue weighted by Crippen LogP contribution is 2.37. The lowest BCUT2D eigenvalue weighted by molar-refractivity contribution is 0.115. The summed E-state index contributed by atoms with van der Waals surface area (Å²) in [5.41, 5.74) is 6.39. The van der Waals surface area contributed by atoms with Gasteiger partial charge in [-0.15, -0.1) is 0 Å². The minimum Gasteiger partial charge on any atom is -0.445 e. The van der Waals surface area contributed by atoms with E-state index in [2.05, 4.69) is 5.32 Å². The van der Waals surface area contributed by atoms with Crippen LogP contribution in [-0.2, 0) is 11.3 Å². The first-order valence-corrected chi connectivity index (χ1v) is 8.61. The second kappa shape index (κ2) is 7.55. The number of hydrogen-bond acceptors (Lipinski definition) is 3. The summed E-state index contributed by atoms with van der Waals surface area (Å²) >= 11 is 0. The van der Waals surface area contributed by atoms with Crippen molar-refractivity contribution in [3.05, 3.63) is 35.9 Å². The zero-order chi connectivity index (χ0) is 16.9. The molecule has 1 aliphatic heterocycles. The van der Waals surface area contributed by atoms with Crippen molar-refractivity contribution in [1.82, 2.24) is 10.2 Å². The molecule has 1 saturated carbocycles. The van der Waals surface area contributed by atoms with Gasteiger partial charge in [0.1, 0.15) is 6.61 Å². The lowest BCUT2D eigenvalue weighted by Gasteiger charge is -2.37. The van der Waals surface area contributed by atoms with Gasteiger partial charge in [-0.05, 0) is 30.2 Å². The van der Waals surface area contributed by atoms with Gasteiger partial charge in [0.2, 0.25) is 0 Å². The lowest BCUT2D eigenvalue weighted by Crippen LogP contribution is -2.54. The number of nitrogens with two attached hydrogens (primary N) is 1. The highest BCUT2D eigenvalue weighted by Gasteiger charge is 2.34. The second-order valence-corrected chi connectivity index (χ2v) is 6.93. The third-order valence-electron chi connectivity index (χ3n) is 4.75.